The maximum absolute atomic E-state index is 11.4. The van der Waals surface area contributed by atoms with Gasteiger partial charge in [-0.2, -0.15) is 0 Å². The van der Waals surface area contributed by atoms with Crippen LogP contribution in [0.25, 0.3) is 27.9 Å². The van der Waals surface area contributed by atoms with Gasteiger partial charge in [-0.05, 0) is 46.5 Å². The van der Waals surface area contributed by atoms with Crippen LogP contribution in [0.3, 0.4) is 0 Å². The smallest absolute Gasteiger partial charge is 0.356 e. The molecule has 6 nitrogen and oxygen atoms in total. The zero-order valence-corrected chi connectivity index (χ0v) is 13.6. The molecule has 6 heteroatoms. The predicted molar refractivity (Wildman–Crippen MR) is 97.0 cm³/mol. The lowest BCUT2D eigenvalue weighted by Gasteiger charge is -2.13. The standard InChI is InChI=1S/C20H14N4O2/c25-20(26)19-13-22-23-24(19)16-6-7-17(14-4-2-1-3-5-14)18(12-16)15-8-10-21-11-9-15/h1-13H,(H,25,26). The maximum Gasteiger partial charge on any atom is 0.356 e. The SMILES string of the molecule is O=C(O)c1cnnn1-c1ccc(-c2ccccc2)c(-c2ccncc2)c1. The number of pyridine rings is 1. The summed E-state index contributed by atoms with van der Waals surface area (Å²) in [5.74, 6) is -1.08. The summed E-state index contributed by atoms with van der Waals surface area (Å²) < 4.78 is 1.32. The Balaban J connectivity index is 1.93. The third kappa shape index (κ3) is 2.84. The van der Waals surface area contributed by atoms with Crippen LogP contribution < -0.4 is 0 Å². The van der Waals surface area contributed by atoms with Gasteiger partial charge in [0.1, 0.15) is 0 Å². The Bertz CT molecular complexity index is 1060. The normalized spacial score (nSPS) is 10.6. The molecule has 26 heavy (non-hydrogen) atoms. The van der Waals surface area contributed by atoms with Crippen molar-refractivity contribution in [1.82, 2.24) is 20.0 Å². The molecule has 0 unspecified atom stereocenters. The zero-order valence-electron chi connectivity index (χ0n) is 13.6. The summed E-state index contributed by atoms with van der Waals surface area (Å²) >= 11 is 0. The van der Waals surface area contributed by atoms with E-state index < -0.39 is 5.97 Å². The Hall–Kier alpha value is -3.80. The minimum Gasteiger partial charge on any atom is -0.476 e. The van der Waals surface area contributed by atoms with Crippen molar-refractivity contribution in [3.63, 3.8) is 0 Å². The Morgan fingerprint density at radius 2 is 1.62 bits per heavy atom. The number of hydrogen-bond donors (Lipinski definition) is 1. The van der Waals surface area contributed by atoms with E-state index in [0.29, 0.717) is 5.69 Å². The van der Waals surface area contributed by atoms with E-state index in [9.17, 15) is 9.90 Å². The van der Waals surface area contributed by atoms with Gasteiger partial charge >= 0.3 is 5.97 Å². The van der Waals surface area contributed by atoms with Gasteiger partial charge in [0.15, 0.2) is 5.69 Å². The first kappa shape index (κ1) is 15.7. The second kappa shape index (κ2) is 6.60. The molecule has 2 heterocycles. The molecule has 126 valence electrons. The largest absolute Gasteiger partial charge is 0.476 e. The summed E-state index contributed by atoms with van der Waals surface area (Å²) in [6.07, 6.45) is 4.70. The van der Waals surface area contributed by atoms with Crippen molar-refractivity contribution in [3.8, 4) is 27.9 Å². The van der Waals surface area contributed by atoms with Crippen LogP contribution in [0.4, 0.5) is 0 Å². The fourth-order valence-corrected chi connectivity index (χ4v) is 2.88. The third-order valence-corrected chi connectivity index (χ3v) is 4.09. The van der Waals surface area contributed by atoms with E-state index >= 15 is 0 Å². The molecule has 0 aliphatic carbocycles. The van der Waals surface area contributed by atoms with Crippen molar-refractivity contribution in [1.29, 1.82) is 0 Å². The first-order valence-electron chi connectivity index (χ1n) is 7.98. The quantitative estimate of drug-likeness (QED) is 0.612. The Morgan fingerprint density at radius 3 is 2.35 bits per heavy atom. The number of carboxylic acids is 1. The van der Waals surface area contributed by atoms with Gasteiger partial charge < -0.3 is 5.11 Å². The predicted octanol–water partition coefficient (Wildman–Crippen LogP) is 3.69. The number of aromatic carboxylic acids is 1. The van der Waals surface area contributed by atoms with Crippen LogP contribution >= 0.6 is 0 Å². The van der Waals surface area contributed by atoms with E-state index in [1.807, 2.05) is 60.7 Å². The molecule has 0 saturated carbocycles. The summed E-state index contributed by atoms with van der Waals surface area (Å²) in [6, 6.07) is 19.6. The minimum absolute atomic E-state index is 0.0122. The van der Waals surface area contributed by atoms with E-state index in [1.54, 1.807) is 12.4 Å². The fourth-order valence-electron chi connectivity index (χ4n) is 2.88. The second-order valence-electron chi connectivity index (χ2n) is 5.67. The summed E-state index contributed by atoms with van der Waals surface area (Å²) in [7, 11) is 0. The third-order valence-electron chi connectivity index (χ3n) is 4.09. The Kier molecular flexibility index (Phi) is 3.99. The van der Waals surface area contributed by atoms with Gasteiger partial charge in [-0.3, -0.25) is 4.98 Å². The Morgan fingerprint density at radius 1 is 0.885 bits per heavy atom. The molecule has 4 aromatic rings. The van der Waals surface area contributed by atoms with Crippen molar-refractivity contribution in [3.05, 3.63) is 84.9 Å². The van der Waals surface area contributed by atoms with Crippen LogP contribution in [-0.2, 0) is 0 Å². The number of carbonyl (C=O) groups is 1. The summed E-state index contributed by atoms with van der Waals surface area (Å²) in [5, 5.41) is 17.0. The van der Waals surface area contributed by atoms with E-state index in [4.69, 9.17) is 0 Å². The summed E-state index contributed by atoms with van der Waals surface area (Å²) in [5.41, 5.74) is 4.70. The fraction of sp³-hybridized carbons (Fsp3) is 0. The van der Waals surface area contributed by atoms with Crippen LogP contribution in [0.2, 0.25) is 0 Å². The number of hydrogen-bond acceptors (Lipinski definition) is 4. The number of rotatable bonds is 4. The van der Waals surface area contributed by atoms with Crippen molar-refractivity contribution in [2.24, 2.45) is 0 Å². The second-order valence-corrected chi connectivity index (χ2v) is 5.67. The van der Waals surface area contributed by atoms with Gasteiger partial charge in [0.2, 0.25) is 0 Å². The van der Waals surface area contributed by atoms with Gasteiger partial charge in [-0.1, -0.05) is 41.6 Å². The molecule has 0 bridgehead atoms. The number of nitrogens with zero attached hydrogens (tertiary/aromatic N) is 4. The molecule has 0 aliphatic rings. The number of benzene rings is 2. The van der Waals surface area contributed by atoms with Gasteiger partial charge in [-0.15, -0.1) is 5.10 Å². The molecule has 0 spiro atoms. The van der Waals surface area contributed by atoms with Crippen LogP contribution in [0.15, 0.2) is 79.3 Å². The lowest BCUT2D eigenvalue weighted by atomic mass is 9.94. The first-order chi connectivity index (χ1) is 12.7. The Labute approximate surface area is 149 Å². The van der Waals surface area contributed by atoms with E-state index in [2.05, 4.69) is 15.3 Å². The molecule has 0 amide bonds. The van der Waals surface area contributed by atoms with E-state index in [-0.39, 0.29) is 5.69 Å². The molecule has 0 fully saturated rings. The lowest BCUT2D eigenvalue weighted by Crippen LogP contribution is -2.08. The van der Waals surface area contributed by atoms with Crippen LogP contribution in [0, 0.1) is 0 Å². The van der Waals surface area contributed by atoms with E-state index in [0.717, 1.165) is 22.3 Å². The van der Waals surface area contributed by atoms with Crippen molar-refractivity contribution < 1.29 is 9.90 Å². The topological polar surface area (TPSA) is 80.9 Å². The lowest BCUT2D eigenvalue weighted by molar-refractivity contribution is 0.0687. The van der Waals surface area contributed by atoms with Gasteiger partial charge in [0.05, 0.1) is 11.9 Å². The average molecular weight is 342 g/mol. The van der Waals surface area contributed by atoms with Crippen LogP contribution in [-0.4, -0.2) is 31.1 Å². The monoisotopic (exact) mass is 342 g/mol. The van der Waals surface area contributed by atoms with Crippen LogP contribution in [0.5, 0.6) is 0 Å². The molecule has 0 atom stereocenters. The highest BCUT2D eigenvalue weighted by Crippen LogP contribution is 2.33. The molecule has 0 aliphatic heterocycles. The minimum atomic E-state index is -1.08. The molecular formula is C20H14N4O2. The molecular weight excluding hydrogens is 328 g/mol. The number of carboxylic acid groups (broad SMARTS) is 1. The van der Waals surface area contributed by atoms with Gasteiger partial charge in [0, 0.05) is 12.4 Å². The molecule has 0 radical (unpaired) electrons. The molecule has 2 aromatic heterocycles. The van der Waals surface area contributed by atoms with Crippen molar-refractivity contribution in [2.75, 3.05) is 0 Å². The van der Waals surface area contributed by atoms with Crippen molar-refractivity contribution >= 4 is 5.97 Å². The molecule has 1 N–H and O–H groups in total. The number of aromatic nitrogens is 4. The maximum atomic E-state index is 11.4. The average Bonchev–Trinajstić information content (AvgIpc) is 3.19. The zero-order chi connectivity index (χ0) is 17.9. The molecule has 0 saturated heterocycles. The van der Waals surface area contributed by atoms with Crippen molar-refractivity contribution in [2.45, 2.75) is 0 Å². The first-order valence-corrected chi connectivity index (χ1v) is 7.98. The van der Waals surface area contributed by atoms with Crippen LogP contribution in [0.1, 0.15) is 10.5 Å². The molecule has 2 aromatic carbocycles. The van der Waals surface area contributed by atoms with Gasteiger partial charge in [-0.25, -0.2) is 9.48 Å². The highest BCUT2D eigenvalue weighted by molar-refractivity contribution is 5.87. The van der Waals surface area contributed by atoms with E-state index in [1.165, 1.54) is 10.9 Å². The highest BCUT2D eigenvalue weighted by Gasteiger charge is 2.15. The van der Waals surface area contributed by atoms with Gasteiger partial charge in [0.25, 0.3) is 0 Å². The summed E-state index contributed by atoms with van der Waals surface area (Å²) in [6.45, 7) is 0. The molecule has 4 rings (SSSR count). The highest BCUT2D eigenvalue weighted by atomic mass is 16.4. The summed E-state index contributed by atoms with van der Waals surface area (Å²) in [4.78, 5) is 15.5.